The fourth-order valence-corrected chi connectivity index (χ4v) is 2.68. The van der Waals surface area contributed by atoms with Gasteiger partial charge in [0.1, 0.15) is 0 Å². The van der Waals surface area contributed by atoms with Crippen LogP contribution in [0.1, 0.15) is 46.0 Å². The SMILES string of the molecule is C[C@@]12CCCC[C@@]1(C)OCC2. The smallest absolute Gasteiger partial charge is 0.0708 e. The second-order valence-corrected chi connectivity index (χ2v) is 4.60. The molecule has 1 nitrogen and oxygen atoms in total. The third kappa shape index (κ3) is 0.936. The summed E-state index contributed by atoms with van der Waals surface area (Å²) in [6, 6.07) is 0. The Labute approximate surface area is 69.1 Å². The summed E-state index contributed by atoms with van der Waals surface area (Å²) >= 11 is 0. The van der Waals surface area contributed by atoms with Crippen LogP contribution in [0, 0.1) is 5.41 Å². The maximum absolute atomic E-state index is 5.85. The molecule has 0 bridgehead atoms. The Kier molecular flexibility index (Phi) is 1.54. The van der Waals surface area contributed by atoms with Gasteiger partial charge in [0.25, 0.3) is 0 Å². The first-order chi connectivity index (χ1) is 5.16. The van der Waals surface area contributed by atoms with Crippen molar-refractivity contribution in [1.82, 2.24) is 0 Å². The Morgan fingerprint density at radius 2 is 1.73 bits per heavy atom. The molecule has 0 radical (unpaired) electrons. The second kappa shape index (κ2) is 2.22. The number of hydrogen-bond donors (Lipinski definition) is 0. The molecule has 0 unspecified atom stereocenters. The average molecular weight is 154 g/mol. The minimum absolute atomic E-state index is 0.227. The Bertz CT molecular complexity index is 148. The van der Waals surface area contributed by atoms with Crippen molar-refractivity contribution in [1.29, 1.82) is 0 Å². The Morgan fingerprint density at radius 3 is 2.45 bits per heavy atom. The van der Waals surface area contributed by atoms with E-state index in [0.29, 0.717) is 5.41 Å². The minimum atomic E-state index is 0.227. The van der Waals surface area contributed by atoms with Crippen LogP contribution in [0.25, 0.3) is 0 Å². The minimum Gasteiger partial charge on any atom is -0.375 e. The molecule has 1 aliphatic heterocycles. The highest BCUT2D eigenvalue weighted by Gasteiger charge is 2.50. The lowest BCUT2D eigenvalue weighted by molar-refractivity contribution is -0.0684. The van der Waals surface area contributed by atoms with Gasteiger partial charge in [-0.05, 0) is 31.6 Å². The maximum Gasteiger partial charge on any atom is 0.0708 e. The van der Waals surface area contributed by atoms with Crippen LogP contribution in [0.2, 0.25) is 0 Å². The fourth-order valence-electron chi connectivity index (χ4n) is 2.68. The van der Waals surface area contributed by atoms with Gasteiger partial charge >= 0.3 is 0 Å². The molecule has 11 heavy (non-hydrogen) atoms. The fraction of sp³-hybridized carbons (Fsp3) is 1.00. The van der Waals surface area contributed by atoms with Gasteiger partial charge in [0.05, 0.1) is 5.60 Å². The van der Waals surface area contributed by atoms with Crippen molar-refractivity contribution in [3.63, 3.8) is 0 Å². The van der Waals surface area contributed by atoms with Crippen LogP contribution in [0.3, 0.4) is 0 Å². The van der Waals surface area contributed by atoms with E-state index in [-0.39, 0.29) is 5.60 Å². The van der Waals surface area contributed by atoms with Crippen molar-refractivity contribution in [3.8, 4) is 0 Å². The summed E-state index contributed by atoms with van der Waals surface area (Å²) in [6.45, 7) is 5.70. The number of fused-ring (bicyclic) bond motifs is 1. The molecule has 64 valence electrons. The highest BCUT2D eigenvalue weighted by molar-refractivity contribution is 5.00. The summed E-state index contributed by atoms with van der Waals surface area (Å²) < 4.78 is 5.85. The van der Waals surface area contributed by atoms with Gasteiger partial charge in [-0.2, -0.15) is 0 Å². The lowest BCUT2D eigenvalue weighted by atomic mass is 9.65. The van der Waals surface area contributed by atoms with Gasteiger partial charge in [-0.3, -0.25) is 0 Å². The molecule has 0 spiro atoms. The van der Waals surface area contributed by atoms with Gasteiger partial charge in [0, 0.05) is 6.61 Å². The highest BCUT2D eigenvalue weighted by atomic mass is 16.5. The molecule has 1 aliphatic carbocycles. The van der Waals surface area contributed by atoms with E-state index in [1.54, 1.807) is 0 Å². The van der Waals surface area contributed by atoms with Gasteiger partial charge in [0.2, 0.25) is 0 Å². The van der Waals surface area contributed by atoms with Gasteiger partial charge in [-0.25, -0.2) is 0 Å². The Balaban J connectivity index is 2.24. The van der Waals surface area contributed by atoms with Gasteiger partial charge < -0.3 is 4.74 Å². The lowest BCUT2D eigenvalue weighted by Gasteiger charge is -2.43. The molecule has 0 aromatic carbocycles. The highest BCUT2D eigenvalue weighted by Crippen LogP contribution is 2.52. The number of rotatable bonds is 0. The largest absolute Gasteiger partial charge is 0.375 e. The van der Waals surface area contributed by atoms with Crippen molar-refractivity contribution in [2.24, 2.45) is 5.41 Å². The molecule has 0 amide bonds. The molecular weight excluding hydrogens is 136 g/mol. The summed E-state index contributed by atoms with van der Waals surface area (Å²) in [6.07, 6.45) is 6.72. The van der Waals surface area contributed by atoms with Crippen molar-refractivity contribution in [2.45, 2.75) is 51.6 Å². The van der Waals surface area contributed by atoms with Gasteiger partial charge in [-0.1, -0.05) is 19.8 Å². The van der Waals surface area contributed by atoms with Crippen LogP contribution in [0.4, 0.5) is 0 Å². The standard InChI is InChI=1S/C10H18O/c1-9-5-3-4-6-10(9,2)11-8-7-9/h3-8H2,1-2H3/t9-,10+/m0/s1. The molecule has 1 heterocycles. The number of hydrogen-bond acceptors (Lipinski definition) is 1. The van der Waals surface area contributed by atoms with Crippen LogP contribution in [-0.4, -0.2) is 12.2 Å². The first-order valence-electron chi connectivity index (χ1n) is 4.80. The second-order valence-electron chi connectivity index (χ2n) is 4.60. The third-order valence-electron chi connectivity index (χ3n) is 3.98. The average Bonchev–Trinajstić information content (AvgIpc) is 2.25. The van der Waals surface area contributed by atoms with Crippen molar-refractivity contribution < 1.29 is 4.74 Å². The molecule has 1 saturated carbocycles. The van der Waals surface area contributed by atoms with E-state index in [1.807, 2.05) is 0 Å². The lowest BCUT2D eigenvalue weighted by Crippen LogP contribution is -2.42. The summed E-state index contributed by atoms with van der Waals surface area (Å²) in [4.78, 5) is 0. The van der Waals surface area contributed by atoms with E-state index in [4.69, 9.17) is 4.74 Å². The monoisotopic (exact) mass is 154 g/mol. The molecule has 0 N–H and O–H groups in total. The molecule has 0 aromatic heterocycles. The molecule has 1 saturated heterocycles. The van der Waals surface area contributed by atoms with Crippen molar-refractivity contribution in [3.05, 3.63) is 0 Å². The van der Waals surface area contributed by atoms with Gasteiger partial charge in [-0.15, -0.1) is 0 Å². The maximum atomic E-state index is 5.85. The normalized spacial score (nSPS) is 50.7. The Hall–Kier alpha value is -0.0400. The Morgan fingerprint density at radius 1 is 1.00 bits per heavy atom. The van der Waals surface area contributed by atoms with E-state index in [9.17, 15) is 0 Å². The third-order valence-corrected chi connectivity index (χ3v) is 3.98. The summed E-state index contributed by atoms with van der Waals surface area (Å²) in [7, 11) is 0. The zero-order valence-corrected chi connectivity index (χ0v) is 7.65. The zero-order valence-electron chi connectivity index (χ0n) is 7.65. The topological polar surface area (TPSA) is 9.23 Å². The van der Waals surface area contributed by atoms with Gasteiger partial charge in [0.15, 0.2) is 0 Å². The molecule has 1 heteroatoms. The van der Waals surface area contributed by atoms with E-state index in [2.05, 4.69) is 13.8 Å². The van der Waals surface area contributed by atoms with Crippen LogP contribution in [0.15, 0.2) is 0 Å². The van der Waals surface area contributed by atoms with Crippen LogP contribution in [0.5, 0.6) is 0 Å². The first-order valence-corrected chi connectivity index (χ1v) is 4.80. The molecular formula is C10H18O. The predicted molar refractivity (Wildman–Crippen MR) is 45.5 cm³/mol. The van der Waals surface area contributed by atoms with E-state index in [0.717, 1.165) is 6.61 Å². The predicted octanol–water partition coefficient (Wildman–Crippen LogP) is 2.75. The van der Waals surface area contributed by atoms with Crippen molar-refractivity contribution in [2.75, 3.05) is 6.61 Å². The zero-order chi connectivity index (χ0) is 7.95. The molecule has 2 fully saturated rings. The number of ether oxygens (including phenoxy) is 1. The molecule has 2 atom stereocenters. The van der Waals surface area contributed by atoms with E-state index >= 15 is 0 Å². The summed E-state index contributed by atoms with van der Waals surface area (Å²) in [5.41, 5.74) is 0.733. The molecule has 2 rings (SSSR count). The summed E-state index contributed by atoms with van der Waals surface area (Å²) in [5.74, 6) is 0. The first kappa shape index (κ1) is 7.60. The van der Waals surface area contributed by atoms with Crippen molar-refractivity contribution >= 4 is 0 Å². The molecule has 0 aromatic rings. The summed E-state index contributed by atoms with van der Waals surface area (Å²) in [5, 5.41) is 0. The van der Waals surface area contributed by atoms with E-state index < -0.39 is 0 Å². The quantitative estimate of drug-likeness (QED) is 0.521. The van der Waals surface area contributed by atoms with E-state index in [1.165, 1.54) is 32.1 Å². The van der Waals surface area contributed by atoms with Crippen LogP contribution in [-0.2, 0) is 4.74 Å². The van der Waals surface area contributed by atoms with Crippen LogP contribution < -0.4 is 0 Å². The molecule has 2 aliphatic rings. The van der Waals surface area contributed by atoms with Crippen LogP contribution >= 0.6 is 0 Å².